The van der Waals surface area contributed by atoms with Crippen LogP contribution in [0.2, 0.25) is 0 Å². The van der Waals surface area contributed by atoms with Crippen LogP contribution in [0.3, 0.4) is 0 Å². The number of carbonyl (C=O) groups is 2. The third-order valence-corrected chi connectivity index (χ3v) is 4.75. The van der Waals surface area contributed by atoms with Crippen LogP contribution in [0.4, 0.5) is 8.78 Å². The number of amides is 1. The lowest BCUT2D eigenvalue weighted by Gasteiger charge is -2.38. The smallest absolute Gasteiger partial charge is 0.304 e. The van der Waals surface area contributed by atoms with Gasteiger partial charge < -0.3 is 10.4 Å². The summed E-state index contributed by atoms with van der Waals surface area (Å²) < 4.78 is 26.6. The van der Waals surface area contributed by atoms with Crippen LogP contribution in [-0.2, 0) is 9.59 Å². The molecule has 4 nitrogen and oxygen atoms in total. The Morgan fingerprint density at radius 3 is 2.52 bits per heavy atom. The minimum Gasteiger partial charge on any atom is -0.481 e. The summed E-state index contributed by atoms with van der Waals surface area (Å²) in [5.74, 6) is -2.52. The highest BCUT2D eigenvalue weighted by molar-refractivity contribution is 5.86. The Balaban J connectivity index is 1.92. The number of carboxylic acid groups (broad SMARTS) is 1. The Hall–Kier alpha value is -1.98. The Labute approximate surface area is 133 Å². The topological polar surface area (TPSA) is 66.4 Å². The maximum absolute atomic E-state index is 13.7. The molecule has 1 amide bonds. The molecule has 6 heteroatoms. The first-order chi connectivity index (χ1) is 10.7. The van der Waals surface area contributed by atoms with E-state index in [9.17, 15) is 18.4 Å². The molecule has 1 atom stereocenters. The Bertz CT molecular complexity index is 614. The van der Waals surface area contributed by atoms with Crippen molar-refractivity contribution >= 4 is 11.9 Å². The average Bonchev–Trinajstić information content (AvgIpc) is 2.42. The van der Waals surface area contributed by atoms with Gasteiger partial charge in [0.05, 0.1) is 11.8 Å². The highest BCUT2D eigenvalue weighted by Gasteiger charge is 2.39. The Morgan fingerprint density at radius 2 is 2.00 bits per heavy atom. The number of hydrogen-bond acceptors (Lipinski definition) is 2. The fourth-order valence-corrected chi connectivity index (χ4v) is 2.88. The van der Waals surface area contributed by atoms with E-state index in [1.807, 2.05) is 0 Å². The summed E-state index contributed by atoms with van der Waals surface area (Å²) in [5, 5.41) is 11.8. The van der Waals surface area contributed by atoms with Gasteiger partial charge in [-0.1, -0.05) is 19.9 Å². The molecule has 0 radical (unpaired) electrons. The van der Waals surface area contributed by atoms with E-state index in [-0.39, 0.29) is 24.3 Å². The number of hydrogen-bond donors (Lipinski definition) is 2. The molecule has 0 bridgehead atoms. The van der Waals surface area contributed by atoms with Crippen LogP contribution in [0.5, 0.6) is 0 Å². The van der Waals surface area contributed by atoms with Gasteiger partial charge in [-0.3, -0.25) is 9.59 Å². The monoisotopic (exact) mass is 325 g/mol. The minimum absolute atomic E-state index is 0.0479. The Morgan fingerprint density at radius 1 is 1.35 bits per heavy atom. The maximum Gasteiger partial charge on any atom is 0.304 e. The fraction of sp³-hybridized carbons (Fsp3) is 0.529. The first-order valence-corrected chi connectivity index (χ1v) is 7.73. The van der Waals surface area contributed by atoms with Crippen molar-refractivity contribution in [3.8, 4) is 0 Å². The zero-order valence-corrected chi connectivity index (χ0v) is 13.2. The summed E-state index contributed by atoms with van der Waals surface area (Å²) in [4.78, 5) is 23.2. The zero-order valence-electron chi connectivity index (χ0n) is 13.2. The number of rotatable bonds is 6. The van der Waals surface area contributed by atoms with Crippen LogP contribution in [0.25, 0.3) is 0 Å². The molecular weight excluding hydrogens is 304 g/mol. The number of carboxylic acids is 1. The van der Waals surface area contributed by atoms with Crippen molar-refractivity contribution in [2.45, 2.75) is 51.5 Å². The van der Waals surface area contributed by atoms with Crippen LogP contribution >= 0.6 is 0 Å². The van der Waals surface area contributed by atoms with E-state index in [1.165, 1.54) is 12.1 Å². The molecule has 0 spiro atoms. The van der Waals surface area contributed by atoms with Crippen molar-refractivity contribution in [3.05, 3.63) is 35.4 Å². The molecule has 2 N–H and O–H groups in total. The number of halogens is 2. The predicted octanol–water partition coefficient (Wildman–Crippen LogP) is 3.22. The summed E-state index contributed by atoms with van der Waals surface area (Å²) in [6.45, 7) is 3.41. The SMILES string of the molecule is CCC(C)(CC(=O)O)C(=O)NC1CC(c2ccc(F)cc2F)C1. The van der Waals surface area contributed by atoms with Gasteiger partial charge in [-0.05, 0) is 36.8 Å². The second-order valence-corrected chi connectivity index (χ2v) is 6.49. The van der Waals surface area contributed by atoms with E-state index in [0.717, 1.165) is 6.07 Å². The van der Waals surface area contributed by atoms with Crippen LogP contribution in [0.15, 0.2) is 18.2 Å². The second-order valence-electron chi connectivity index (χ2n) is 6.49. The van der Waals surface area contributed by atoms with Gasteiger partial charge in [-0.15, -0.1) is 0 Å². The quantitative estimate of drug-likeness (QED) is 0.844. The molecule has 0 aliphatic heterocycles. The summed E-state index contributed by atoms with van der Waals surface area (Å²) in [7, 11) is 0. The van der Waals surface area contributed by atoms with Crippen molar-refractivity contribution in [2.75, 3.05) is 0 Å². The van der Waals surface area contributed by atoms with Crippen molar-refractivity contribution < 1.29 is 23.5 Å². The standard InChI is InChI=1S/C17H21F2NO3/c1-3-17(2,9-15(21)22)16(23)20-12-6-10(7-12)13-5-4-11(18)8-14(13)19/h4-5,8,10,12H,3,6-7,9H2,1-2H3,(H,20,23)(H,21,22). The summed E-state index contributed by atoms with van der Waals surface area (Å²) in [6, 6.07) is 3.43. The number of aliphatic carboxylic acids is 1. The molecule has 1 aromatic carbocycles. The molecule has 0 saturated heterocycles. The molecular formula is C17H21F2NO3. The van der Waals surface area contributed by atoms with Gasteiger partial charge in [0.15, 0.2) is 0 Å². The van der Waals surface area contributed by atoms with Crippen LogP contribution in [-0.4, -0.2) is 23.0 Å². The van der Waals surface area contributed by atoms with Gasteiger partial charge in [-0.25, -0.2) is 8.78 Å². The Kier molecular flexibility index (Phi) is 5.02. The summed E-state index contributed by atoms with van der Waals surface area (Å²) >= 11 is 0. The van der Waals surface area contributed by atoms with Gasteiger partial charge in [0.1, 0.15) is 11.6 Å². The summed E-state index contributed by atoms with van der Waals surface area (Å²) in [5.41, 5.74) is -0.487. The number of benzene rings is 1. The van der Waals surface area contributed by atoms with E-state index < -0.39 is 23.0 Å². The molecule has 1 aliphatic carbocycles. The van der Waals surface area contributed by atoms with Gasteiger partial charge in [0, 0.05) is 12.1 Å². The molecule has 1 aliphatic rings. The number of carbonyl (C=O) groups excluding carboxylic acids is 1. The first-order valence-electron chi connectivity index (χ1n) is 7.73. The van der Waals surface area contributed by atoms with E-state index >= 15 is 0 Å². The molecule has 2 rings (SSSR count). The van der Waals surface area contributed by atoms with E-state index in [4.69, 9.17) is 5.11 Å². The van der Waals surface area contributed by atoms with Gasteiger partial charge in [0.25, 0.3) is 0 Å². The normalized spacial score (nSPS) is 22.8. The molecule has 1 aromatic rings. The average molecular weight is 325 g/mol. The van der Waals surface area contributed by atoms with Crippen molar-refractivity contribution in [1.29, 1.82) is 0 Å². The molecule has 1 saturated carbocycles. The third-order valence-electron chi connectivity index (χ3n) is 4.75. The van der Waals surface area contributed by atoms with Crippen LogP contribution < -0.4 is 5.32 Å². The van der Waals surface area contributed by atoms with Gasteiger partial charge in [0.2, 0.25) is 5.91 Å². The fourth-order valence-electron chi connectivity index (χ4n) is 2.88. The maximum atomic E-state index is 13.7. The molecule has 0 aromatic heterocycles. The first kappa shape index (κ1) is 17.4. The van der Waals surface area contributed by atoms with E-state index in [0.29, 0.717) is 24.8 Å². The highest BCUT2D eigenvalue weighted by atomic mass is 19.1. The zero-order chi connectivity index (χ0) is 17.2. The van der Waals surface area contributed by atoms with Gasteiger partial charge in [-0.2, -0.15) is 0 Å². The van der Waals surface area contributed by atoms with Crippen LogP contribution in [0.1, 0.15) is 51.0 Å². The molecule has 23 heavy (non-hydrogen) atoms. The lowest BCUT2D eigenvalue weighted by molar-refractivity contribution is -0.145. The van der Waals surface area contributed by atoms with Crippen molar-refractivity contribution in [3.63, 3.8) is 0 Å². The predicted molar refractivity (Wildman–Crippen MR) is 80.9 cm³/mol. The summed E-state index contributed by atoms with van der Waals surface area (Å²) in [6.07, 6.45) is 1.34. The molecule has 1 fully saturated rings. The molecule has 0 heterocycles. The molecule has 1 unspecified atom stereocenters. The van der Waals surface area contributed by atoms with Crippen molar-refractivity contribution in [1.82, 2.24) is 5.32 Å². The molecule has 126 valence electrons. The largest absolute Gasteiger partial charge is 0.481 e. The van der Waals surface area contributed by atoms with Crippen molar-refractivity contribution in [2.24, 2.45) is 5.41 Å². The second kappa shape index (κ2) is 6.64. The lowest BCUT2D eigenvalue weighted by atomic mass is 9.74. The van der Waals surface area contributed by atoms with E-state index in [2.05, 4.69) is 5.32 Å². The minimum atomic E-state index is -1.01. The lowest BCUT2D eigenvalue weighted by Crippen LogP contribution is -2.49. The van der Waals surface area contributed by atoms with Crippen LogP contribution in [0, 0.1) is 17.0 Å². The number of nitrogens with one attached hydrogen (secondary N) is 1. The third kappa shape index (κ3) is 3.86. The highest BCUT2D eigenvalue weighted by Crippen LogP contribution is 2.39. The van der Waals surface area contributed by atoms with E-state index in [1.54, 1.807) is 13.8 Å². The van der Waals surface area contributed by atoms with Gasteiger partial charge >= 0.3 is 5.97 Å².